The van der Waals surface area contributed by atoms with Gasteiger partial charge in [-0.3, -0.25) is 9.59 Å². The zero-order valence-corrected chi connectivity index (χ0v) is 24.2. The van der Waals surface area contributed by atoms with Gasteiger partial charge in [0.15, 0.2) is 11.5 Å². The summed E-state index contributed by atoms with van der Waals surface area (Å²) in [6.07, 6.45) is 5.80. The van der Waals surface area contributed by atoms with Crippen LogP contribution < -0.4 is 16.6 Å². The van der Waals surface area contributed by atoms with Crippen molar-refractivity contribution in [2.45, 2.75) is 64.5 Å². The zero-order valence-electron chi connectivity index (χ0n) is 24.2. The highest BCUT2D eigenvalue weighted by atomic mass is 16.3. The standard InChI is InChI=1S/C31H33N9O3/c1-17(2)24-14-23(31(43)40(37-24)25-13-4-18(3)15-33-25)30(42)36-20-7-5-19(6-8-20)27-26-28(32)34-16-35-29(26)39(38-27)21-9-11-22(41)12-10-21/h4-8,13-17,21-22,41H,9-12H2,1-3H3,(H,36,42)(H2,32,34,35)/t21-,22-. The van der Waals surface area contributed by atoms with Gasteiger partial charge in [-0.2, -0.15) is 14.9 Å². The van der Waals surface area contributed by atoms with E-state index >= 15 is 0 Å². The van der Waals surface area contributed by atoms with Gasteiger partial charge in [0.1, 0.15) is 23.4 Å². The Morgan fingerprint density at radius 1 is 1.02 bits per heavy atom. The number of nitrogens with one attached hydrogen (secondary N) is 1. The highest BCUT2D eigenvalue weighted by molar-refractivity contribution is 6.04. The van der Waals surface area contributed by atoms with Crippen LogP contribution in [0.25, 0.3) is 28.1 Å². The molecular formula is C31H33N9O3. The van der Waals surface area contributed by atoms with Crippen LogP contribution in [0.1, 0.15) is 73.1 Å². The molecule has 0 bridgehead atoms. The highest BCUT2D eigenvalue weighted by Crippen LogP contribution is 2.36. The Labute approximate surface area is 247 Å². The maximum absolute atomic E-state index is 13.4. The van der Waals surface area contributed by atoms with E-state index in [2.05, 4.69) is 25.4 Å². The monoisotopic (exact) mass is 579 g/mol. The Morgan fingerprint density at radius 3 is 2.44 bits per heavy atom. The molecule has 4 aromatic heterocycles. The Balaban J connectivity index is 1.30. The number of aromatic nitrogens is 7. The number of aryl methyl sites for hydroxylation is 1. The molecule has 1 aromatic carbocycles. The predicted octanol–water partition coefficient (Wildman–Crippen LogP) is 4.18. The fourth-order valence-corrected chi connectivity index (χ4v) is 5.36. The molecule has 0 saturated heterocycles. The third-order valence-corrected chi connectivity index (χ3v) is 7.83. The van der Waals surface area contributed by atoms with Crippen LogP contribution in [0.4, 0.5) is 11.5 Å². The molecule has 1 fully saturated rings. The smallest absolute Gasteiger partial charge is 0.285 e. The second-order valence-corrected chi connectivity index (χ2v) is 11.3. The number of hydrogen-bond acceptors (Lipinski definition) is 9. The van der Waals surface area contributed by atoms with E-state index in [4.69, 9.17) is 10.8 Å². The van der Waals surface area contributed by atoms with Gasteiger partial charge in [0.05, 0.1) is 23.2 Å². The summed E-state index contributed by atoms with van der Waals surface area (Å²) in [5.74, 6) is 0.107. The van der Waals surface area contributed by atoms with Crippen LogP contribution in [0.3, 0.4) is 0 Å². The first-order valence-corrected chi connectivity index (χ1v) is 14.4. The highest BCUT2D eigenvalue weighted by Gasteiger charge is 2.26. The lowest BCUT2D eigenvalue weighted by molar-refractivity contribution is 0.102. The summed E-state index contributed by atoms with van der Waals surface area (Å²) >= 11 is 0. The van der Waals surface area contributed by atoms with Crippen molar-refractivity contribution in [3.63, 3.8) is 0 Å². The van der Waals surface area contributed by atoms with Crippen LogP contribution in [-0.2, 0) is 0 Å². The number of nitrogen functional groups attached to an aromatic ring is 1. The number of anilines is 2. The van der Waals surface area contributed by atoms with Gasteiger partial charge in [-0.25, -0.2) is 19.6 Å². The SMILES string of the molecule is Cc1ccc(-n2nc(C(C)C)cc(C(=O)Nc3ccc(-c4nn([C@H]5CC[C@H](O)CC5)c5ncnc(N)c45)cc3)c2=O)nc1. The van der Waals surface area contributed by atoms with E-state index in [1.807, 2.05) is 43.7 Å². The van der Waals surface area contributed by atoms with Gasteiger partial charge in [-0.15, -0.1) is 0 Å². The van der Waals surface area contributed by atoms with Crippen LogP contribution >= 0.6 is 0 Å². The number of carbonyl (C=O) groups is 1. The number of amides is 1. The van der Waals surface area contributed by atoms with Gasteiger partial charge >= 0.3 is 0 Å². The number of aliphatic hydroxyl groups is 1. The molecule has 1 aliphatic rings. The summed E-state index contributed by atoms with van der Waals surface area (Å²) in [6, 6.07) is 12.3. The van der Waals surface area contributed by atoms with E-state index < -0.39 is 11.5 Å². The number of pyridine rings is 1. The Morgan fingerprint density at radius 2 is 1.77 bits per heavy atom. The molecule has 0 aliphatic heterocycles. The zero-order chi connectivity index (χ0) is 30.2. The quantitative estimate of drug-likeness (QED) is 0.267. The van der Waals surface area contributed by atoms with E-state index in [-0.39, 0.29) is 23.6 Å². The number of fused-ring (bicyclic) bond motifs is 1. The molecular weight excluding hydrogens is 546 g/mol. The van der Waals surface area contributed by atoms with Crippen molar-refractivity contribution in [2.75, 3.05) is 11.1 Å². The number of hydrogen-bond donors (Lipinski definition) is 3. The summed E-state index contributed by atoms with van der Waals surface area (Å²) in [5.41, 5.74) is 9.81. The summed E-state index contributed by atoms with van der Waals surface area (Å²) < 4.78 is 3.07. The maximum atomic E-state index is 13.4. The average molecular weight is 580 g/mol. The van der Waals surface area contributed by atoms with Crippen molar-refractivity contribution in [3.8, 4) is 17.1 Å². The van der Waals surface area contributed by atoms with E-state index in [9.17, 15) is 14.7 Å². The minimum Gasteiger partial charge on any atom is -0.393 e. The van der Waals surface area contributed by atoms with E-state index in [0.29, 0.717) is 52.6 Å². The number of nitrogens with two attached hydrogens (primary N) is 1. The summed E-state index contributed by atoms with van der Waals surface area (Å²) in [7, 11) is 0. The van der Waals surface area contributed by atoms with Crippen molar-refractivity contribution in [1.29, 1.82) is 0 Å². The van der Waals surface area contributed by atoms with Crippen molar-refractivity contribution >= 4 is 28.4 Å². The van der Waals surface area contributed by atoms with Gasteiger partial charge < -0.3 is 16.2 Å². The molecule has 1 amide bonds. The summed E-state index contributed by atoms with van der Waals surface area (Å²) in [6.45, 7) is 5.79. The van der Waals surface area contributed by atoms with Crippen LogP contribution in [0.2, 0.25) is 0 Å². The number of rotatable bonds is 6. The third-order valence-electron chi connectivity index (χ3n) is 7.83. The lowest BCUT2D eigenvalue weighted by atomic mass is 9.93. The topological polar surface area (TPSA) is 167 Å². The first kappa shape index (κ1) is 28.2. The van der Waals surface area contributed by atoms with Gasteiger partial charge in [0.2, 0.25) is 0 Å². The first-order chi connectivity index (χ1) is 20.7. The predicted molar refractivity (Wildman–Crippen MR) is 163 cm³/mol. The first-order valence-electron chi connectivity index (χ1n) is 14.4. The number of carbonyl (C=O) groups excluding carboxylic acids is 1. The van der Waals surface area contributed by atoms with Crippen LogP contribution in [0.5, 0.6) is 0 Å². The van der Waals surface area contributed by atoms with E-state index in [1.165, 1.54) is 17.1 Å². The van der Waals surface area contributed by atoms with Crippen LogP contribution in [-0.4, -0.2) is 51.6 Å². The molecule has 0 atom stereocenters. The van der Waals surface area contributed by atoms with Crippen LogP contribution in [0, 0.1) is 6.92 Å². The van der Waals surface area contributed by atoms with Crippen molar-refractivity contribution in [3.05, 3.63) is 82.2 Å². The molecule has 220 valence electrons. The van der Waals surface area contributed by atoms with Crippen molar-refractivity contribution < 1.29 is 9.90 Å². The molecule has 6 rings (SSSR count). The van der Waals surface area contributed by atoms with Crippen molar-refractivity contribution in [1.82, 2.24) is 34.5 Å². The normalized spacial score (nSPS) is 17.0. The van der Waals surface area contributed by atoms with Crippen molar-refractivity contribution in [2.24, 2.45) is 0 Å². The number of nitrogens with zero attached hydrogens (tertiary/aromatic N) is 7. The Bertz CT molecular complexity index is 1850. The lowest BCUT2D eigenvalue weighted by Crippen LogP contribution is -2.31. The van der Waals surface area contributed by atoms with E-state index in [0.717, 1.165) is 24.0 Å². The largest absolute Gasteiger partial charge is 0.393 e. The summed E-state index contributed by atoms with van der Waals surface area (Å²) in [5, 5.41) is 22.8. The maximum Gasteiger partial charge on any atom is 0.285 e. The number of aliphatic hydroxyl groups excluding tert-OH is 1. The Kier molecular flexibility index (Phi) is 7.45. The second-order valence-electron chi connectivity index (χ2n) is 11.3. The van der Waals surface area contributed by atoms with E-state index in [1.54, 1.807) is 24.4 Å². The van der Waals surface area contributed by atoms with Gasteiger partial charge in [0, 0.05) is 17.4 Å². The molecule has 12 nitrogen and oxygen atoms in total. The molecule has 0 radical (unpaired) electrons. The fraction of sp³-hybridized carbons (Fsp3) is 0.323. The molecule has 4 N–H and O–H groups in total. The van der Waals surface area contributed by atoms with Crippen LogP contribution in [0.15, 0.2) is 59.8 Å². The molecule has 5 aromatic rings. The lowest BCUT2D eigenvalue weighted by Gasteiger charge is -2.25. The van der Waals surface area contributed by atoms with Gasteiger partial charge in [-0.1, -0.05) is 32.0 Å². The second kappa shape index (κ2) is 11.4. The fourth-order valence-electron chi connectivity index (χ4n) is 5.36. The van der Waals surface area contributed by atoms with Gasteiger partial charge in [-0.05, 0) is 68.4 Å². The molecule has 1 aliphatic carbocycles. The number of benzene rings is 1. The summed E-state index contributed by atoms with van der Waals surface area (Å²) in [4.78, 5) is 39.7. The molecule has 0 spiro atoms. The minimum absolute atomic E-state index is 0.0205. The molecule has 43 heavy (non-hydrogen) atoms. The molecule has 1 saturated carbocycles. The Hall–Kier alpha value is -4.97. The van der Waals surface area contributed by atoms with Gasteiger partial charge in [0.25, 0.3) is 11.5 Å². The minimum atomic E-state index is -0.558. The average Bonchev–Trinajstić information content (AvgIpc) is 3.39. The molecule has 0 unspecified atom stereocenters. The molecule has 12 heteroatoms. The third kappa shape index (κ3) is 5.48. The molecule has 4 heterocycles.